The van der Waals surface area contributed by atoms with Gasteiger partial charge >= 0.3 is 0 Å². The van der Waals surface area contributed by atoms with Crippen molar-refractivity contribution in [3.63, 3.8) is 0 Å². The summed E-state index contributed by atoms with van der Waals surface area (Å²) >= 11 is 0. The topological polar surface area (TPSA) is 58.3 Å². The van der Waals surface area contributed by atoms with E-state index >= 15 is 0 Å². The minimum absolute atomic E-state index is 0.0985. The summed E-state index contributed by atoms with van der Waals surface area (Å²) < 4.78 is 0. The molecule has 0 aliphatic rings. The normalized spacial score (nSPS) is 13.4. The van der Waals surface area contributed by atoms with Crippen molar-refractivity contribution in [2.75, 3.05) is 19.3 Å². The Morgan fingerprint density at radius 3 is 2.43 bits per heavy atom. The molecule has 1 rings (SSSR count). The summed E-state index contributed by atoms with van der Waals surface area (Å²) in [5.74, 6) is -0.0985. The van der Waals surface area contributed by atoms with Gasteiger partial charge in [-0.1, -0.05) is 25.5 Å². The molecule has 0 spiro atoms. The fourth-order valence-electron chi connectivity index (χ4n) is 2.63. The first-order valence-electron chi connectivity index (χ1n) is 7.82. The van der Waals surface area contributed by atoms with Gasteiger partial charge in [0.15, 0.2) is 0 Å². The van der Waals surface area contributed by atoms with E-state index in [-0.39, 0.29) is 5.82 Å². The van der Waals surface area contributed by atoms with Crippen molar-refractivity contribution in [1.29, 1.82) is 0 Å². The molecule has 1 aromatic rings. The molecule has 0 amide bonds. The Morgan fingerprint density at radius 1 is 1.29 bits per heavy atom. The number of nitrogens with two attached hydrogens (primary N) is 1. The second-order valence-electron chi connectivity index (χ2n) is 6.44. The maximum absolute atomic E-state index is 9.90. The molecule has 4 N–H and O–H groups in total. The van der Waals surface area contributed by atoms with Gasteiger partial charge in [0, 0.05) is 5.69 Å². The summed E-state index contributed by atoms with van der Waals surface area (Å²) in [6, 6.07) is 4.23. The van der Waals surface area contributed by atoms with Gasteiger partial charge in [-0.15, -0.1) is 0 Å². The first-order valence-corrected chi connectivity index (χ1v) is 7.82. The average Bonchev–Trinajstić information content (AvgIpc) is 2.37. The zero-order chi connectivity index (χ0) is 16.0. The third kappa shape index (κ3) is 5.37. The van der Waals surface area contributed by atoms with E-state index in [4.69, 9.17) is 13.6 Å². The Kier molecular flexibility index (Phi) is 6.75. The van der Waals surface area contributed by atoms with Gasteiger partial charge in [-0.05, 0) is 69.2 Å². The van der Waals surface area contributed by atoms with Gasteiger partial charge in [-0.25, -0.2) is 0 Å². The molecule has 21 heavy (non-hydrogen) atoms. The van der Waals surface area contributed by atoms with Gasteiger partial charge in [0.2, 0.25) is 0 Å². The van der Waals surface area contributed by atoms with Crippen LogP contribution >= 0.6 is 0 Å². The molecule has 0 saturated heterocycles. The Hall–Kier alpha value is -0.995. The van der Waals surface area contributed by atoms with E-state index in [0.29, 0.717) is 13.0 Å². The average molecular weight is 288 g/mol. The molecule has 1 unspecified atom stereocenters. The lowest BCUT2D eigenvalue weighted by molar-refractivity contribution is 0.0714. The van der Waals surface area contributed by atoms with Crippen molar-refractivity contribution in [1.82, 2.24) is 5.32 Å². The smallest absolute Gasteiger partial charge is 0.0782 e. The number of hydrogen-bond donors (Lipinski definition) is 3. The minimum atomic E-state index is -0.679. The van der Waals surface area contributed by atoms with Crippen molar-refractivity contribution in [2.24, 2.45) is 0 Å². The summed E-state index contributed by atoms with van der Waals surface area (Å²) in [5, 5.41) is 13.0. The van der Waals surface area contributed by atoms with Crippen LogP contribution in [0.15, 0.2) is 12.1 Å². The highest BCUT2D eigenvalue weighted by atomic mass is 16.3. The molecule has 1 aromatic carbocycles. The largest absolute Gasteiger partial charge is 0.398 e. The summed E-state index contributed by atoms with van der Waals surface area (Å²) in [7, 11) is 8.19. The molecule has 0 heterocycles. The van der Waals surface area contributed by atoms with Crippen molar-refractivity contribution in [3.8, 4) is 0 Å². The highest BCUT2D eigenvalue weighted by Gasteiger charge is 2.18. The van der Waals surface area contributed by atoms with Crippen LogP contribution in [0.25, 0.3) is 0 Å². The van der Waals surface area contributed by atoms with Crippen LogP contribution in [0.3, 0.4) is 0 Å². The predicted octanol–water partition coefficient (Wildman–Crippen LogP) is 2.35. The SMILES string of the molecule is [B]C(CNC)c1c(CCC)ccc(CCC(C)(C)O)c1N. The van der Waals surface area contributed by atoms with Crippen LogP contribution in [0, 0.1) is 0 Å². The van der Waals surface area contributed by atoms with E-state index in [1.54, 1.807) is 0 Å². The lowest BCUT2D eigenvalue weighted by Crippen LogP contribution is -2.22. The van der Waals surface area contributed by atoms with E-state index in [0.717, 1.165) is 36.1 Å². The number of nitrogen functional groups attached to an aromatic ring is 1. The summed E-state index contributed by atoms with van der Waals surface area (Å²) in [6.45, 7) is 6.51. The Morgan fingerprint density at radius 2 is 1.90 bits per heavy atom. The maximum Gasteiger partial charge on any atom is 0.0782 e. The molecule has 3 nitrogen and oxygen atoms in total. The fourth-order valence-corrected chi connectivity index (χ4v) is 2.63. The number of rotatable bonds is 8. The highest BCUT2D eigenvalue weighted by Crippen LogP contribution is 2.30. The zero-order valence-corrected chi connectivity index (χ0v) is 13.9. The summed E-state index contributed by atoms with van der Waals surface area (Å²) in [6.07, 6.45) is 3.51. The van der Waals surface area contributed by atoms with E-state index in [1.807, 2.05) is 20.9 Å². The number of nitrogens with one attached hydrogen (secondary N) is 1. The van der Waals surface area contributed by atoms with Crippen molar-refractivity contribution in [3.05, 3.63) is 28.8 Å². The van der Waals surface area contributed by atoms with Crippen LogP contribution in [-0.4, -0.2) is 32.1 Å². The van der Waals surface area contributed by atoms with Gasteiger partial charge in [0.25, 0.3) is 0 Å². The quantitative estimate of drug-likeness (QED) is 0.508. The van der Waals surface area contributed by atoms with Crippen LogP contribution in [0.2, 0.25) is 0 Å². The monoisotopic (exact) mass is 288 g/mol. The number of aliphatic hydroxyl groups is 1. The van der Waals surface area contributed by atoms with E-state index in [2.05, 4.69) is 24.4 Å². The predicted molar refractivity (Wildman–Crippen MR) is 91.9 cm³/mol. The maximum atomic E-state index is 9.90. The van der Waals surface area contributed by atoms with Gasteiger partial charge < -0.3 is 16.2 Å². The molecule has 4 heteroatoms. The lowest BCUT2D eigenvalue weighted by atomic mass is 9.76. The molecule has 0 saturated carbocycles. The van der Waals surface area contributed by atoms with Crippen molar-refractivity contribution >= 4 is 13.5 Å². The molecular formula is C17H29BN2O. The van der Waals surface area contributed by atoms with Gasteiger partial charge in [0.1, 0.15) is 0 Å². The van der Waals surface area contributed by atoms with Gasteiger partial charge in [0.05, 0.1) is 13.4 Å². The van der Waals surface area contributed by atoms with Crippen LogP contribution in [0.5, 0.6) is 0 Å². The van der Waals surface area contributed by atoms with Crippen LogP contribution in [0.4, 0.5) is 5.69 Å². The molecule has 0 aromatic heterocycles. The highest BCUT2D eigenvalue weighted by molar-refractivity contribution is 6.13. The Balaban J connectivity index is 3.10. The molecule has 0 aliphatic carbocycles. The standard InChI is InChI=1S/C17H29BN2O/c1-5-6-12-7-8-13(9-10-17(2,3)21)16(19)15(12)14(18)11-20-4/h7-8,14,20-21H,5-6,9-11,19H2,1-4H3. The summed E-state index contributed by atoms with van der Waals surface area (Å²) in [4.78, 5) is 0. The number of aryl methyl sites for hydroxylation is 2. The Labute approximate surface area is 130 Å². The molecule has 0 aliphatic heterocycles. The van der Waals surface area contributed by atoms with E-state index < -0.39 is 5.60 Å². The minimum Gasteiger partial charge on any atom is -0.398 e. The fraction of sp³-hybridized carbons (Fsp3) is 0.647. The van der Waals surface area contributed by atoms with Crippen molar-refractivity contribution < 1.29 is 5.11 Å². The second kappa shape index (κ2) is 7.86. The zero-order valence-electron chi connectivity index (χ0n) is 13.9. The van der Waals surface area contributed by atoms with Gasteiger partial charge in [-0.3, -0.25) is 0 Å². The van der Waals surface area contributed by atoms with Crippen molar-refractivity contribution in [2.45, 2.75) is 57.9 Å². The van der Waals surface area contributed by atoms with Crippen LogP contribution in [0.1, 0.15) is 56.1 Å². The third-order valence-electron chi connectivity index (χ3n) is 3.79. The van der Waals surface area contributed by atoms with Gasteiger partial charge in [-0.2, -0.15) is 0 Å². The second-order valence-corrected chi connectivity index (χ2v) is 6.44. The first-order chi connectivity index (χ1) is 9.80. The third-order valence-corrected chi connectivity index (χ3v) is 3.79. The molecule has 1 atom stereocenters. The number of benzene rings is 1. The van der Waals surface area contributed by atoms with Crippen LogP contribution in [-0.2, 0) is 12.8 Å². The first kappa shape index (κ1) is 18.1. The lowest BCUT2D eigenvalue weighted by Gasteiger charge is -2.23. The molecule has 0 bridgehead atoms. The van der Waals surface area contributed by atoms with Crippen LogP contribution < -0.4 is 11.1 Å². The molecular weight excluding hydrogens is 259 g/mol. The molecule has 0 fully saturated rings. The van der Waals surface area contributed by atoms with E-state index in [9.17, 15) is 5.11 Å². The number of anilines is 1. The molecule has 116 valence electrons. The Bertz CT molecular complexity index is 455. The summed E-state index contributed by atoms with van der Waals surface area (Å²) in [5.41, 5.74) is 9.90. The number of hydrogen-bond acceptors (Lipinski definition) is 3. The number of likely N-dealkylation sites (N-methyl/N-ethyl adjacent to an activating group) is 1. The molecule has 2 radical (unpaired) electrons. The van der Waals surface area contributed by atoms with E-state index in [1.165, 1.54) is 5.56 Å².